The maximum absolute atomic E-state index is 13.2. The average Bonchev–Trinajstić information content (AvgIpc) is 3.21. The third-order valence-corrected chi connectivity index (χ3v) is 5.07. The summed E-state index contributed by atoms with van der Waals surface area (Å²) >= 11 is 5.97. The molecule has 8 nitrogen and oxygen atoms in total. The number of carboxylic acid groups (broad SMARTS) is 1. The van der Waals surface area contributed by atoms with E-state index < -0.39 is 12.0 Å². The van der Waals surface area contributed by atoms with Gasteiger partial charge in [0.25, 0.3) is 5.91 Å². The van der Waals surface area contributed by atoms with E-state index in [9.17, 15) is 14.4 Å². The van der Waals surface area contributed by atoms with Crippen molar-refractivity contribution in [3.63, 3.8) is 0 Å². The highest BCUT2D eigenvalue weighted by Gasteiger charge is 2.20. The molecule has 0 atom stereocenters. The van der Waals surface area contributed by atoms with E-state index in [4.69, 9.17) is 16.7 Å². The van der Waals surface area contributed by atoms with E-state index in [1.54, 1.807) is 66.7 Å². The molecule has 1 heterocycles. The van der Waals surface area contributed by atoms with Gasteiger partial charge in [-0.1, -0.05) is 35.9 Å². The van der Waals surface area contributed by atoms with Gasteiger partial charge in [0.05, 0.1) is 16.6 Å². The van der Waals surface area contributed by atoms with Crippen molar-refractivity contribution in [1.29, 1.82) is 0 Å². The Labute approximate surface area is 187 Å². The topological polar surface area (TPSA) is 115 Å². The lowest BCUT2D eigenvalue weighted by Gasteiger charge is -2.10. The van der Waals surface area contributed by atoms with E-state index in [0.717, 1.165) is 4.90 Å². The number of amides is 2. The molecule has 0 saturated heterocycles. The summed E-state index contributed by atoms with van der Waals surface area (Å²) < 4.78 is 0. The van der Waals surface area contributed by atoms with E-state index in [2.05, 4.69) is 15.3 Å². The lowest BCUT2D eigenvalue weighted by atomic mass is 9.97. The molecule has 0 spiro atoms. The normalized spacial score (nSPS) is 10.7. The first-order valence-corrected chi connectivity index (χ1v) is 9.88. The number of carbonyl (C=O) groups is 3. The number of nitrogens with zero attached hydrogens (tertiary/aromatic N) is 2. The molecule has 0 saturated carbocycles. The Morgan fingerprint density at radius 2 is 1.75 bits per heavy atom. The number of aromatic amines is 1. The molecule has 0 aliphatic carbocycles. The van der Waals surface area contributed by atoms with Gasteiger partial charge < -0.3 is 15.4 Å². The predicted octanol–water partition coefficient (Wildman–Crippen LogP) is 4.81. The number of rotatable bonds is 5. The van der Waals surface area contributed by atoms with Crippen LogP contribution in [0.15, 0.2) is 66.7 Å². The molecule has 1 aromatic heterocycles. The molecular weight excluding hydrogens is 432 g/mol. The fourth-order valence-corrected chi connectivity index (χ4v) is 3.38. The fraction of sp³-hybridized carbons (Fsp3) is 0.0435. The van der Waals surface area contributed by atoms with Crippen molar-refractivity contribution in [2.45, 2.75) is 0 Å². The molecular formula is C23H17ClN4O4. The molecule has 0 aliphatic rings. The number of hydrogen-bond acceptors (Lipinski definition) is 4. The highest BCUT2D eigenvalue weighted by atomic mass is 35.5. The fourth-order valence-electron chi connectivity index (χ4n) is 3.19. The molecule has 3 aromatic carbocycles. The van der Waals surface area contributed by atoms with Crippen LogP contribution in [0.5, 0.6) is 0 Å². The number of fused-ring (bicyclic) bond motifs is 1. The minimum absolute atomic E-state index is 0.137. The largest absolute Gasteiger partial charge is 0.465 e. The maximum atomic E-state index is 13.2. The van der Waals surface area contributed by atoms with Gasteiger partial charge in [-0.3, -0.25) is 14.5 Å². The highest BCUT2D eigenvalue weighted by Crippen LogP contribution is 2.22. The first kappa shape index (κ1) is 21.1. The minimum Gasteiger partial charge on any atom is -0.465 e. The van der Waals surface area contributed by atoms with Gasteiger partial charge in [-0.25, -0.2) is 9.78 Å². The van der Waals surface area contributed by atoms with Crippen LogP contribution in [0.3, 0.4) is 0 Å². The summed E-state index contributed by atoms with van der Waals surface area (Å²) in [6.45, 7) is 0. The summed E-state index contributed by atoms with van der Waals surface area (Å²) in [7, 11) is 1.36. The lowest BCUT2D eigenvalue weighted by molar-refractivity contribution is 0.0996. The number of H-pyrrole nitrogens is 1. The van der Waals surface area contributed by atoms with Crippen molar-refractivity contribution < 1.29 is 19.5 Å². The minimum atomic E-state index is -1.17. The van der Waals surface area contributed by atoms with E-state index in [1.807, 2.05) is 0 Å². The van der Waals surface area contributed by atoms with Gasteiger partial charge in [0.1, 0.15) is 0 Å². The third-order valence-electron chi connectivity index (χ3n) is 4.84. The first-order valence-electron chi connectivity index (χ1n) is 9.50. The molecule has 3 N–H and O–H groups in total. The molecule has 0 aliphatic heterocycles. The zero-order valence-corrected chi connectivity index (χ0v) is 17.6. The molecule has 0 radical (unpaired) electrons. The van der Waals surface area contributed by atoms with E-state index >= 15 is 0 Å². The molecule has 32 heavy (non-hydrogen) atoms. The summed E-state index contributed by atoms with van der Waals surface area (Å²) in [5, 5.41) is 12.4. The van der Waals surface area contributed by atoms with Gasteiger partial charge in [0.15, 0.2) is 5.78 Å². The highest BCUT2D eigenvalue weighted by molar-refractivity contribution is 6.31. The van der Waals surface area contributed by atoms with Crippen molar-refractivity contribution in [2.24, 2.45) is 0 Å². The molecule has 9 heteroatoms. The summed E-state index contributed by atoms with van der Waals surface area (Å²) in [6.07, 6.45) is -1.17. The van der Waals surface area contributed by atoms with Crippen LogP contribution in [-0.2, 0) is 0 Å². The lowest BCUT2D eigenvalue weighted by Crippen LogP contribution is -2.24. The standard InChI is InChI=1S/C23H17ClN4O4/c1-28(23(31)32)22-26-18-10-9-13(11-19(18)27-22)20(29)16-7-2-3-8-17(16)21(30)25-15-6-4-5-14(24)12-15/h2-12H,1H3,(H,25,30)(H,26,27)(H,31,32). The van der Waals surface area contributed by atoms with Gasteiger partial charge in [-0.2, -0.15) is 0 Å². The Bertz CT molecular complexity index is 1370. The number of aromatic nitrogens is 2. The first-order chi connectivity index (χ1) is 15.3. The van der Waals surface area contributed by atoms with Gasteiger partial charge in [-0.05, 0) is 42.5 Å². The van der Waals surface area contributed by atoms with Crippen LogP contribution in [0, 0.1) is 0 Å². The number of anilines is 2. The molecule has 0 bridgehead atoms. The average molecular weight is 449 g/mol. The second-order valence-electron chi connectivity index (χ2n) is 6.97. The summed E-state index contributed by atoms with van der Waals surface area (Å²) in [5.41, 5.74) is 2.30. The van der Waals surface area contributed by atoms with E-state index in [1.165, 1.54) is 7.05 Å². The number of ketones is 1. The van der Waals surface area contributed by atoms with Crippen LogP contribution < -0.4 is 10.2 Å². The number of nitrogens with one attached hydrogen (secondary N) is 2. The summed E-state index contributed by atoms with van der Waals surface area (Å²) in [4.78, 5) is 45.3. The van der Waals surface area contributed by atoms with Gasteiger partial charge in [-0.15, -0.1) is 0 Å². The molecule has 2 amide bonds. The van der Waals surface area contributed by atoms with Crippen LogP contribution in [0.4, 0.5) is 16.4 Å². The molecule has 160 valence electrons. The Morgan fingerprint density at radius 3 is 2.47 bits per heavy atom. The monoisotopic (exact) mass is 448 g/mol. The Balaban J connectivity index is 1.65. The predicted molar refractivity (Wildman–Crippen MR) is 122 cm³/mol. The van der Waals surface area contributed by atoms with Crippen molar-refractivity contribution in [2.75, 3.05) is 17.3 Å². The number of imidazole rings is 1. The smallest absolute Gasteiger partial charge is 0.413 e. The van der Waals surface area contributed by atoms with Crippen molar-refractivity contribution in [1.82, 2.24) is 9.97 Å². The van der Waals surface area contributed by atoms with Gasteiger partial charge in [0, 0.05) is 28.9 Å². The van der Waals surface area contributed by atoms with Crippen molar-refractivity contribution >= 4 is 52.1 Å². The number of hydrogen-bond donors (Lipinski definition) is 3. The Kier molecular flexibility index (Phi) is 5.61. The molecule has 0 unspecified atom stereocenters. The quantitative estimate of drug-likeness (QED) is 0.379. The van der Waals surface area contributed by atoms with Crippen LogP contribution >= 0.6 is 11.6 Å². The van der Waals surface area contributed by atoms with E-state index in [0.29, 0.717) is 27.3 Å². The van der Waals surface area contributed by atoms with Crippen molar-refractivity contribution in [3.8, 4) is 0 Å². The second-order valence-corrected chi connectivity index (χ2v) is 7.41. The van der Waals surface area contributed by atoms with Crippen LogP contribution in [0.25, 0.3) is 11.0 Å². The molecule has 0 fully saturated rings. The number of halogens is 1. The third kappa shape index (κ3) is 4.17. The van der Waals surface area contributed by atoms with Crippen LogP contribution in [0.2, 0.25) is 5.02 Å². The molecule has 4 rings (SSSR count). The maximum Gasteiger partial charge on any atom is 0.413 e. The number of carbonyl (C=O) groups excluding carboxylic acids is 2. The van der Waals surface area contributed by atoms with Gasteiger partial charge >= 0.3 is 6.09 Å². The summed E-state index contributed by atoms with van der Waals surface area (Å²) in [5.74, 6) is -0.658. The zero-order chi connectivity index (χ0) is 22.8. The van der Waals surface area contributed by atoms with Gasteiger partial charge in [0.2, 0.25) is 5.95 Å². The van der Waals surface area contributed by atoms with Crippen LogP contribution in [0.1, 0.15) is 26.3 Å². The second kappa shape index (κ2) is 8.52. The van der Waals surface area contributed by atoms with Crippen LogP contribution in [-0.4, -0.2) is 39.9 Å². The molecule has 4 aromatic rings. The van der Waals surface area contributed by atoms with E-state index in [-0.39, 0.29) is 22.9 Å². The SMILES string of the molecule is CN(C(=O)O)c1nc2ccc(C(=O)c3ccccc3C(=O)Nc3cccc(Cl)c3)cc2[nH]1. The Morgan fingerprint density at radius 1 is 1.00 bits per heavy atom. The summed E-state index contributed by atoms with van der Waals surface area (Å²) in [6, 6.07) is 18.0. The number of benzene rings is 3. The Hall–Kier alpha value is -4.17. The zero-order valence-electron chi connectivity index (χ0n) is 16.8. The van der Waals surface area contributed by atoms with Crippen molar-refractivity contribution in [3.05, 3.63) is 88.4 Å².